The first kappa shape index (κ1) is 12.6. The standard InChI is InChI=1S/C13H13NO3S/c1-3-5-12(15)16-8-10-9(2)17-13(14-10)11-6-4-7-18-11/h3-7H,8H2,1-2H3/b5-3+. The van der Waals surface area contributed by atoms with Crippen LogP contribution in [0.2, 0.25) is 0 Å². The first-order valence-corrected chi connectivity index (χ1v) is 6.38. The Morgan fingerprint density at radius 2 is 2.44 bits per heavy atom. The molecule has 0 aliphatic rings. The molecule has 0 aliphatic heterocycles. The Morgan fingerprint density at radius 1 is 1.61 bits per heavy atom. The van der Waals surface area contributed by atoms with Crippen molar-refractivity contribution in [2.75, 3.05) is 0 Å². The van der Waals surface area contributed by atoms with Gasteiger partial charge in [0.1, 0.15) is 18.1 Å². The number of oxazole rings is 1. The van der Waals surface area contributed by atoms with Crippen molar-refractivity contribution in [2.45, 2.75) is 20.5 Å². The summed E-state index contributed by atoms with van der Waals surface area (Å²) in [5.41, 5.74) is 0.649. The van der Waals surface area contributed by atoms with Crippen molar-refractivity contribution in [3.05, 3.63) is 41.1 Å². The number of aryl methyl sites for hydroxylation is 1. The molecule has 0 bridgehead atoms. The second kappa shape index (κ2) is 5.64. The summed E-state index contributed by atoms with van der Waals surface area (Å²) in [6.45, 7) is 3.70. The summed E-state index contributed by atoms with van der Waals surface area (Å²) in [5, 5.41) is 1.96. The molecule has 2 rings (SSSR count). The van der Waals surface area contributed by atoms with E-state index in [4.69, 9.17) is 9.15 Å². The maximum absolute atomic E-state index is 11.2. The van der Waals surface area contributed by atoms with Gasteiger partial charge in [-0.05, 0) is 25.3 Å². The fourth-order valence-electron chi connectivity index (χ4n) is 1.39. The van der Waals surface area contributed by atoms with Gasteiger partial charge in [-0.25, -0.2) is 9.78 Å². The number of rotatable bonds is 4. The predicted octanol–water partition coefficient (Wildman–Crippen LogP) is 3.33. The molecular weight excluding hydrogens is 250 g/mol. The van der Waals surface area contributed by atoms with Gasteiger partial charge in [0.05, 0.1) is 4.88 Å². The van der Waals surface area contributed by atoms with Gasteiger partial charge in [-0.15, -0.1) is 11.3 Å². The molecule has 2 aromatic heterocycles. The average molecular weight is 263 g/mol. The molecular formula is C13H13NO3S. The second-order valence-electron chi connectivity index (χ2n) is 3.61. The molecule has 4 nitrogen and oxygen atoms in total. The normalized spacial score (nSPS) is 11.0. The fraction of sp³-hybridized carbons (Fsp3) is 0.231. The highest BCUT2D eigenvalue weighted by Crippen LogP contribution is 2.26. The second-order valence-corrected chi connectivity index (χ2v) is 4.55. The summed E-state index contributed by atoms with van der Waals surface area (Å²) in [6, 6.07) is 3.87. The van der Waals surface area contributed by atoms with Crippen LogP contribution in [0.15, 0.2) is 34.1 Å². The van der Waals surface area contributed by atoms with Crippen molar-refractivity contribution in [1.82, 2.24) is 4.98 Å². The minimum atomic E-state index is -0.377. The Kier molecular flexibility index (Phi) is 3.94. The van der Waals surface area contributed by atoms with E-state index in [1.807, 2.05) is 24.4 Å². The molecule has 0 amide bonds. The van der Waals surface area contributed by atoms with Crippen LogP contribution in [0.25, 0.3) is 10.8 Å². The molecule has 0 saturated carbocycles. The van der Waals surface area contributed by atoms with Crippen LogP contribution in [-0.4, -0.2) is 11.0 Å². The molecule has 0 spiro atoms. The molecule has 0 N–H and O–H groups in total. The van der Waals surface area contributed by atoms with Crippen LogP contribution in [0.5, 0.6) is 0 Å². The first-order chi connectivity index (χ1) is 8.70. The summed E-state index contributed by atoms with van der Waals surface area (Å²) in [7, 11) is 0. The minimum Gasteiger partial charge on any atom is -0.456 e. The molecule has 18 heavy (non-hydrogen) atoms. The third-order valence-electron chi connectivity index (χ3n) is 2.28. The lowest BCUT2D eigenvalue weighted by molar-refractivity contribution is -0.139. The van der Waals surface area contributed by atoms with Gasteiger partial charge < -0.3 is 9.15 Å². The molecule has 0 aliphatic carbocycles. The highest BCUT2D eigenvalue weighted by Gasteiger charge is 2.13. The summed E-state index contributed by atoms with van der Waals surface area (Å²) in [5.74, 6) is 0.865. The van der Waals surface area contributed by atoms with E-state index in [0.717, 1.165) is 4.88 Å². The van der Waals surface area contributed by atoms with Gasteiger partial charge in [-0.3, -0.25) is 0 Å². The number of esters is 1. The lowest BCUT2D eigenvalue weighted by atomic mass is 10.4. The minimum absolute atomic E-state index is 0.129. The van der Waals surface area contributed by atoms with Crippen molar-refractivity contribution in [1.29, 1.82) is 0 Å². The monoisotopic (exact) mass is 263 g/mol. The van der Waals surface area contributed by atoms with E-state index in [0.29, 0.717) is 17.3 Å². The van der Waals surface area contributed by atoms with Crippen molar-refractivity contribution in [3.8, 4) is 10.8 Å². The molecule has 0 fully saturated rings. The average Bonchev–Trinajstić information content (AvgIpc) is 2.96. The molecule has 0 unspecified atom stereocenters. The highest BCUT2D eigenvalue weighted by atomic mass is 32.1. The molecule has 0 saturated heterocycles. The van der Waals surface area contributed by atoms with E-state index >= 15 is 0 Å². The van der Waals surface area contributed by atoms with Crippen molar-refractivity contribution in [3.63, 3.8) is 0 Å². The SMILES string of the molecule is C/C=C/C(=O)OCc1nc(-c2cccs2)oc1C. The zero-order valence-corrected chi connectivity index (χ0v) is 11.0. The molecule has 5 heteroatoms. The van der Waals surface area contributed by atoms with Crippen molar-refractivity contribution in [2.24, 2.45) is 0 Å². The quantitative estimate of drug-likeness (QED) is 0.627. The molecule has 2 aromatic rings. The van der Waals surface area contributed by atoms with Gasteiger partial charge in [-0.1, -0.05) is 12.1 Å². The Hall–Kier alpha value is -1.88. The molecule has 2 heterocycles. The Labute approximate surface area is 109 Å². The van der Waals surface area contributed by atoms with E-state index < -0.39 is 0 Å². The molecule has 94 valence electrons. The third-order valence-corrected chi connectivity index (χ3v) is 3.14. The summed E-state index contributed by atoms with van der Waals surface area (Å²) in [4.78, 5) is 16.5. The lowest BCUT2D eigenvalue weighted by Gasteiger charge is -1.98. The lowest BCUT2D eigenvalue weighted by Crippen LogP contribution is -2.01. The van der Waals surface area contributed by atoms with E-state index in [-0.39, 0.29) is 12.6 Å². The van der Waals surface area contributed by atoms with Crippen molar-refractivity contribution >= 4 is 17.3 Å². The molecule has 0 atom stereocenters. The number of hydrogen-bond donors (Lipinski definition) is 0. The zero-order valence-electron chi connectivity index (χ0n) is 10.2. The van der Waals surface area contributed by atoms with Crippen LogP contribution in [0.3, 0.4) is 0 Å². The van der Waals surface area contributed by atoms with Gasteiger partial charge in [0.15, 0.2) is 0 Å². The van der Waals surface area contributed by atoms with E-state index in [1.54, 1.807) is 24.3 Å². The van der Waals surface area contributed by atoms with Crippen LogP contribution in [-0.2, 0) is 16.1 Å². The summed E-state index contributed by atoms with van der Waals surface area (Å²) in [6.07, 6.45) is 3.00. The topological polar surface area (TPSA) is 52.3 Å². The van der Waals surface area contributed by atoms with Gasteiger partial charge >= 0.3 is 5.97 Å². The number of hydrogen-bond acceptors (Lipinski definition) is 5. The number of carbonyl (C=O) groups excluding carboxylic acids is 1. The molecule has 0 radical (unpaired) electrons. The summed E-state index contributed by atoms with van der Waals surface area (Å²) < 4.78 is 10.6. The van der Waals surface area contributed by atoms with Crippen LogP contribution >= 0.6 is 11.3 Å². The first-order valence-electron chi connectivity index (χ1n) is 5.50. The largest absolute Gasteiger partial charge is 0.456 e. The zero-order chi connectivity index (χ0) is 13.0. The maximum atomic E-state index is 11.2. The van der Waals surface area contributed by atoms with Crippen LogP contribution in [0, 0.1) is 6.92 Å². The summed E-state index contributed by atoms with van der Waals surface area (Å²) >= 11 is 1.56. The van der Waals surface area contributed by atoms with Gasteiger partial charge in [0, 0.05) is 6.08 Å². The highest BCUT2D eigenvalue weighted by molar-refractivity contribution is 7.13. The maximum Gasteiger partial charge on any atom is 0.330 e. The van der Waals surface area contributed by atoms with Crippen LogP contribution in [0.1, 0.15) is 18.4 Å². The number of carbonyl (C=O) groups is 1. The Morgan fingerprint density at radius 3 is 3.11 bits per heavy atom. The predicted molar refractivity (Wildman–Crippen MR) is 69.2 cm³/mol. The van der Waals surface area contributed by atoms with Gasteiger partial charge in [0.2, 0.25) is 5.89 Å². The van der Waals surface area contributed by atoms with E-state index in [2.05, 4.69) is 4.98 Å². The number of allylic oxidation sites excluding steroid dienone is 1. The van der Waals surface area contributed by atoms with Crippen LogP contribution < -0.4 is 0 Å². The van der Waals surface area contributed by atoms with Gasteiger partial charge in [-0.2, -0.15) is 0 Å². The van der Waals surface area contributed by atoms with E-state index in [1.165, 1.54) is 6.08 Å². The Bertz CT molecular complexity index is 555. The number of ether oxygens (including phenoxy) is 1. The molecule has 0 aromatic carbocycles. The number of aromatic nitrogens is 1. The third kappa shape index (κ3) is 2.87. The number of nitrogens with zero attached hydrogens (tertiary/aromatic N) is 1. The Balaban J connectivity index is 2.08. The van der Waals surface area contributed by atoms with Crippen LogP contribution in [0.4, 0.5) is 0 Å². The van der Waals surface area contributed by atoms with Crippen molar-refractivity contribution < 1.29 is 13.9 Å². The number of thiophene rings is 1. The van der Waals surface area contributed by atoms with E-state index in [9.17, 15) is 4.79 Å². The smallest absolute Gasteiger partial charge is 0.330 e. The fourth-order valence-corrected chi connectivity index (χ4v) is 2.04. The van der Waals surface area contributed by atoms with Gasteiger partial charge in [0.25, 0.3) is 0 Å².